The van der Waals surface area contributed by atoms with Crippen LogP contribution in [0.3, 0.4) is 0 Å². The van der Waals surface area contributed by atoms with Crippen LogP contribution in [0.15, 0.2) is 73.4 Å². The van der Waals surface area contributed by atoms with Crippen molar-refractivity contribution in [2.45, 2.75) is 19.5 Å². The second-order valence-corrected chi connectivity index (χ2v) is 6.48. The molecule has 120 valence electrons. The first-order chi connectivity index (χ1) is 11.7. The van der Waals surface area contributed by atoms with Gasteiger partial charge in [0.25, 0.3) is 0 Å². The van der Waals surface area contributed by atoms with Crippen molar-refractivity contribution in [3.63, 3.8) is 0 Å². The zero-order chi connectivity index (χ0) is 16.5. The molecule has 0 fully saturated rings. The Balaban J connectivity index is 1.77. The number of hydrogen-bond donors (Lipinski definition) is 0. The summed E-state index contributed by atoms with van der Waals surface area (Å²) in [5.41, 5.74) is 3.79. The average Bonchev–Trinajstić information content (AvgIpc) is 3.25. The third-order valence-electron chi connectivity index (χ3n) is 4.51. The molecule has 0 aliphatic carbocycles. The summed E-state index contributed by atoms with van der Waals surface area (Å²) in [5.74, 6) is 0. The molecule has 2 aromatic heterocycles. The van der Waals surface area contributed by atoms with Crippen LogP contribution >= 0.6 is 11.6 Å². The molecular weight excluding hydrogens is 318 g/mol. The third-order valence-corrected chi connectivity index (χ3v) is 4.76. The van der Waals surface area contributed by atoms with E-state index in [0.29, 0.717) is 0 Å². The topological polar surface area (TPSA) is 22.8 Å². The number of imidazole rings is 1. The minimum atomic E-state index is 0.240. The summed E-state index contributed by atoms with van der Waals surface area (Å²) in [6.07, 6.45) is 7.96. The van der Waals surface area contributed by atoms with E-state index >= 15 is 0 Å². The monoisotopic (exact) mass is 335 g/mol. The number of fused-ring (bicyclic) bond motifs is 1. The highest BCUT2D eigenvalue weighted by Crippen LogP contribution is 2.29. The van der Waals surface area contributed by atoms with Crippen LogP contribution in [-0.2, 0) is 6.54 Å². The Labute approximate surface area is 146 Å². The second kappa shape index (κ2) is 6.17. The van der Waals surface area contributed by atoms with Gasteiger partial charge in [0.2, 0.25) is 0 Å². The average molecular weight is 336 g/mol. The highest BCUT2D eigenvalue weighted by molar-refractivity contribution is 6.30. The van der Waals surface area contributed by atoms with Crippen LogP contribution in [0.5, 0.6) is 0 Å². The zero-order valence-corrected chi connectivity index (χ0v) is 14.2. The van der Waals surface area contributed by atoms with Gasteiger partial charge in [0.1, 0.15) is 0 Å². The lowest BCUT2D eigenvalue weighted by molar-refractivity contribution is 0.639. The lowest BCUT2D eigenvalue weighted by Crippen LogP contribution is -2.04. The molecule has 0 amide bonds. The van der Waals surface area contributed by atoms with Gasteiger partial charge in [-0.25, -0.2) is 4.98 Å². The maximum Gasteiger partial charge on any atom is 0.0951 e. The fourth-order valence-corrected chi connectivity index (χ4v) is 3.31. The van der Waals surface area contributed by atoms with Gasteiger partial charge in [-0.05, 0) is 30.7 Å². The van der Waals surface area contributed by atoms with Crippen LogP contribution in [0.1, 0.15) is 24.1 Å². The molecule has 0 N–H and O–H groups in total. The van der Waals surface area contributed by atoms with Crippen molar-refractivity contribution in [2.75, 3.05) is 0 Å². The van der Waals surface area contributed by atoms with Crippen LogP contribution in [-0.4, -0.2) is 14.1 Å². The molecule has 24 heavy (non-hydrogen) atoms. The molecule has 0 aliphatic rings. The van der Waals surface area contributed by atoms with Gasteiger partial charge >= 0.3 is 0 Å². The van der Waals surface area contributed by atoms with Gasteiger partial charge in [-0.1, -0.05) is 41.9 Å². The van der Waals surface area contributed by atoms with Gasteiger partial charge in [-0.3, -0.25) is 0 Å². The second-order valence-electron chi connectivity index (χ2n) is 6.04. The molecule has 0 bridgehead atoms. The van der Waals surface area contributed by atoms with Crippen LogP contribution in [0.25, 0.3) is 10.9 Å². The molecule has 2 heterocycles. The fraction of sp³-hybridized carbons (Fsp3) is 0.150. The van der Waals surface area contributed by atoms with Gasteiger partial charge < -0.3 is 9.13 Å². The Bertz CT molecular complexity index is 952. The lowest BCUT2D eigenvalue weighted by Gasteiger charge is -2.12. The van der Waals surface area contributed by atoms with Crippen LogP contribution in [0, 0.1) is 0 Å². The van der Waals surface area contributed by atoms with Crippen molar-refractivity contribution in [1.82, 2.24) is 14.1 Å². The van der Waals surface area contributed by atoms with Crippen LogP contribution in [0.2, 0.25) is 5.02 Å². The van der Waals surface area contributed by atoms with E-state index in [0.717, 1.165) is 11.6 Å². The Kier molecular flexibility index (Phi) is 3.87. The SMILES string of the molecule is CC(c1cn(Cc2ccc(Cl)cc2)c2ccccc12)n1ccnc1. The van der Waals surface area contributed by atoms with Gasteiger partial charge in [0.15, 0.2) is 0 Å². The Morgan fingerprint density at radius 3 is 2.62 bits per heavy atom. The fourth-order valence-electron chi connectivity index (χ4n) is 3.18. The Hall–Kier alpha value is -2.52. The first kappa shape index (κ1) is 15.0. The van der Waals surface area contributed by atoms with Crippen LogP contribution < -0.4 is 0 Å². The Morgan fingerprint density at radius 2 is 1.88 bits per heavy atom. The van der Waals surface area contributed by atoms with Crippen molar-refractivity contribution in [3.8, 4) is 0 Å². The largest absolute Gasteiger partial charge is 0.343 e. The van der Waals surface area contributed by atoms with Crippen LogP contribution in [0.4, 0.5) is 0 Å². The van der Waals surface area contributed by atoms with Crippen molar-refractivity contribution in [2.24, 2.45) is 0 Å². The minimum Gasteiger partial charge on any atom is -0.343 e. The first-order valence-corrected chi connectivity index (χ1v) is 8.40. The molecule has 3 nitrogen and oxygen atoms in total. The third kappa shape index (κ3) is 2.72. The summed E-state index contributed by atoms with van der Waals surface area (Å²) in [6.45, 7) is 3.03. The summed E-state index contributed by atoms with van der Waals surface area (Å²) < 4.78 is 4.44. The molecule has 1 atom stereocenters. The van der Waals surface area contributed by atoms with Crippen molar-refractivity contribution in [3.05, 3.63) is 89.6 Å². The normalized spacial score (nSPS) is 12.6. The van der Waals surface area contributed by atoms with Gasteiger partial charge in [0.05, 0.1) is 12.4 Å². The molecule has 0 spiro atoms. The maximum atomic E-state index is 6.00. The molecule has 4 heteroatoms. The van der Waals surface area contributed by atoms with Gasteiger partial charge in [-0.2, -0.15) is 0 Å². The predicted molar refractivity (Wildman–Crippen MR) is 98.5 cm³/mol. The number of benzene rings is 2. The van der Waals surface area contributed by atoms with E-state index in [1.807, 2.05) is 30.9 Å². The van der Waals surface area contributed by atoms with E-state index in [1.165, 1.54) is 22.0 Å². The number of hydrogen-bond acceptors (Lipinski definition) is 1. The molecule has 4 aromatic rings. The quantitative estimate of drug-likeness (QED) is 0.505. The van der Waals surface area contributed by atoms with Crippen molar-refractivity contribution >= 4 is 22.5 Å². The van der Waals surface area contributed by atoms with E-state index in [-0.39, 0.29) is 6.04 Å². The smallest absolute Gasteiger partial charge is 0.0951 e. The minimum absolute atomic E-state index is 0.240. The zero-order valence-electron chi connectivity index (χ0n) is 13.4. The molecule has 2 aromatic carbocycles. The summed E-state index contributed by atoms with van der Waals surface area (Å²) in [5, 5.41) is 2.05. The Morgan fingerprint density at radius 1 is 1.08 bits per heavy atom. The number of rotatable bonds is 4. The van der Waals surface area contributed by atoms with E-state index in [4.69, 9.17) is 11.6 Å². The summed E-state index contributed by atoms with van der Waals surface area (Å²) >= 11 is 6.00. The molecule has 0 aliphatic heterocycles. The van der Waals surface area contributed by atoms with E-state index in [2.05, 4.69) is 63.6 Å². The highest BCUT2D eigenvalue weighted by atomic mass is 35.5. The number of nitrogens with zero attached hydrogens (tertiary/aromatic N) is 3. The summed E-state index contributed by atoms with van der Waals surface area (Å²) in [4.78, 5) is 4.18. The summed E-state index contributed by atoms with van der Waals surface area (Å²) in [7, 11) is 0. The lowest BCUT2D eigenvalue weighted by atomic mass is 10.1. The van der Waals surface area contributed by atoms with Gasteiger partial charge in [-0.15, -0.1) is 0 Å². The number of aromatic nitrogens is 3. The molecule has 4 rings (SSSR count). The first-order valence-electron chi connectivity index (χ1n) is 8.02. The summed E-state index contributed by atoms with van der Waals surface area (Å²) in [6, 6.07) is 16.8. The predicted octanol–water partition coefficient (Wildman–Crippen LogP) is 5.15. The molecular formula is C20H18ClN3. The highest BCUT2D eigenvalue weighted by Gasteiger charge is 2.15. The number of para-hydroxylation sites is 1. The van der Waals surface area contributed by atoms with Gasteiger partial charge in [0, 0.05) is 46.6 Å². The molecule has 0 radical (unpaired) electrons. The molecule has 1 unspecified atom stereocenters. The maximum absolute atomic E-state index is 6.00. The molecule has 0 saturated carbocycles. The number of halogens is 1. The van der Waals surface area contributed by atoms with Crippen molar-refractivity contribution in [1.29, 1.82) is 0 Å². The standard InChI is InChI=1S/C20H18ClN3/c1-15(23-11-10-22-14-23)19-13-24(20-5-3-2-4-18(19)20)12-16-6-8-17(21)9-7-16/h2-11,13-15H,12H2,1H3. The van der Waals surface area contributed by atoms with E-state index in [1.54, 1.807) is 0 Å². The van der Waals surface area contributed by atoms with Crippen molar-refractivity contribution < 1.29 is 0 Å². The van der Waals surface area contributed by atoms with E-state index < -0.39 is 0 Å². The molecule has 0 saturated heterocycles. The van der Waals surface area contributed by atoms with E-state index in [9.17, 15) is 0 Å².